The highest BCUT2D eigenvalue weighted by molar-refractivity contribution is 5.25. The summed E-state index contributed by atoms with van der Waals surface area (Å²) in [7, 11) is 2.25. The Balaban J connectivity index is 1.85. The second-order valence-corrected chi connectivity index (χ2v) is 6.02. The third-order valence-electron chi connectivity index (χ3n) is 4.06. The summed E-state index contributed by atoms with van der Waals surface area (Å²) >= 11 is 0. The molecule has 0 spiro atoms. The first-order valence-corrected chi connectivity index (χ1v) is 7.67. The van der Waals surface area contributed by atoms with Crippen LogP contribution in [0.5, 0.6) is 0 Å². The number of nitrogens with one attached hydrogen (secondary N) is 1. The summed E-state index contributed by atoms with van der Waals surface area (Å²) in [6.45, 7) is 7.83. The average Bonchev–Trinajstić information content (AvgIpc) is 3.21. The van der Waals surface area contributed by atoms with E-state index in [4.69, 9.17) is 0 Å². The highest BCUT2D eigenvalue weighted by Gasteiger charge is 2.31. The second-order valence-electron chi connectivity index (χ2n) is 6.02. The molecular formula is C17H28N2. The van der Waals surface area contributed by atoms with Crippen LogP contribution in [0.25, 0.3) is 0 Å². The summed E-state index contributed by atoms with van der Waals surface area (Å²) in [5.74, 6) is 0.922. The lowest BCUT2D eigenvalue weighted by molar-refractivity contribution is 0.267. The van der Waals surface area contributed by atoms with Crippen molar-refractivity contribution in [3.8, 4) is 0 Å². The standard InChI is InChI=1S/C17H28N2/c1-4-11-18-17(15-9-10-15)13-19(3)12-16-8-6-5-7-14(16)2/h5-8,15,17-18H,4,9-13H2,1-3H3. The van der Waals surface area contributed by atoms with E-state index in [1.165, 1.54) is 36.9 Å². The van der Waals surface area contributed by atoms with E-state index in [0.717, 1.165) is 19.0 Å². The highest BCUT2D eigenvalue weighted by Crippen LogP contribution is 2.33. The molecule has 2 rings (SSSR count). The van der Waals surface area contributed by atoms with Gasteiger partial charge in [-0.1, -0.05) is 31.2 Å². The lowest BCUT2D eigenvalue weighted by Crippen LogP contribution is -2.41. The van der Waals surface area contributed by atoms with Gasteiger partial charge in [0.1, 0.15) is 0 Å². The number of hydrogen-bond donors (Lipinski definition) is 1. The molecule has 0 aliphatic heterocycles. The minimum Gasteiger partial charge on any atom is -0.312 e. The van der Waals surface area contributed by atoms with Gasteiger partial charge in [0.15, 0.2) is 0 Å². The maximum Gasteiger partial charge on any atom is 0.0233 e. The van der Waals surface area contributed by atoms with Crippen molar-refractivity contribution < 1.29 is 0 Å². The summed E-state index contributed by atoms with van der Waals surface area (Å²) in [6.07, 6.45) is 4.06. The molecule has 2 nitrogen and oxygen atoms in total. The molecule has 2 heteroatoms. The molecule has 0 aromatic heterocycles. The molecule has 0 saturated heterocycles. The third-order valence-corrected chi connectivity index (χ3v) is 4.06. The van der Waals surface area contributed by atoms with E-state index < -0.39 is 0 Å². The normalized spacial score (nSPS) is 16.8. The molecule has 19 heavy (non-hydrogen) atoms. The number of hydrogen-bond acceptors (Lipinski definition) is 2. The molecule has 1 unspecified atom stereocenters. The van der Waals surface area contributed by atoms with Crippen molar-refractivity contribution in [2.24, 2.45) is 5.92 Å². The summed E-state index contributed by atoms with van der Waals surface area (Å²) in [4.78, 5) is 2.47. The van der Waals surface area contributed by atoms with Gasteiger partial charge in [0, 0.05) is 19.1 Å². The molecule has 1 fully saturated rings. The number of aryl methyl sites for hydroxylation is 1. The van der Waals surface area contributed by atoms with E-state index in [-0.39, 0.29) is 0 Å². The zero-order chi connectivity index (χ0) is 13.7. The predicted octanol–water partition coefficient (Wildman–Crippen LogP) is 3.21. The van der Waals surface area contributed by atoms with Gasteiger partial charge in [0.25, 0.3) is 0 Å². The van der Waals surface area contributed by atoms with Crippen molar-refractivity contribution in [2.45, 2.75) is 45.7 Å². The fourth-order valence-corrected chi connectivity index (χ4v) is 2.69. The van der Waals surface area contributed by atoms with Crippen LogP contribution in [0.4, 0.5) is 0 Å². The van der Waals surface area contributed by atoms with E-state index in [1.807, 2.05) is 0 Å². The summed E-state index contributed by atoms with van der Waals surface area (Å²) in [6, 6.07) is 9.40. The van der Waals surface area contributed by atoms with Crippen molar-refractivity contribution >= 4 is 0 Å². The molecule has 1 aliphatic rings. The Morgan fingerprint density at radius 3 is 2.68 bits per heavy atom. The zero-order valence-electron chi connectivity index (χ0n) is 12.7. The lowest BCUT2D eigenvalue weighted by Gasteiger charge is -2.25. The Labute approximate surface area is 118 Å². The van der Waals surface area contributed by atoms with Crippen LogP contribution in [0.2, 0.25) is 0 Å². The maximum absolute atomic E-state index is 3.72. The lowest BCUT2D eigenvalue weighted by atomic mass is 10.1. The van der Waals surface area contributed by atoms with Crippen molar-refractivity contribution in [2.75, 3.05) is 20.1 Å². The quantitative estimate of drug-likeness (QED) is 0.772. The molecule has 1 aromatic carbocycles. The van der Waals surface area contributed by atoms with Crippen molar-refractivity contribution in [3.05, 3.63) is 35.4 Å². The van der Waals surface area contributed by atoms with Gasteiger partial charge >= 0.3 is 0 Å². The van der Waals surface area contributed by atoms with Gasteiger partial charge in [-0.15, -0.1) is 0 Å². The second kappa shape index (κ2) is 7.06. The Kier molecular flexibility index (Phi) is 5.41. The fraction of sp³-hybridized carbons (Fsp3) is 0.647. The van der Waals surface area contributed by atoms with Crippen molar-refractivity contribution in [3.63, 3.8) is 0 Å². The minimum absolute atomic E-state index is 0.689. The monoisotopic (exact) mass is 260 g/mol. The number of rotatable bonds is 8. The van der Waals surface area contributed by atoms with E-state index >= 15 is 0 Å². The topological polar surface area (TPSA) is 15.3 Å². The van der Waals surface area contributed by atoms with Gasteiger partial charge in [-0.05, 0) is 56.8 Å². The molecule has 0 amide bonds. The molecule has 1 aromatic rings. The smallest absolute Gasteiger partial charge is 0.0233 e. The van der Waals surface area contributed by atoms with Crippen molar-refractivity contribution in [1.29, 1.82) is 0 Å². The SMILES string of the molecule is CCCNC(CN(C)Cc1ccccc1C)C1CC1. The third kappa shape index (κ3) is 4.63. The first kappa shape index (κ1) is 14.5. The largest absolute Gasteiger partial charge is 0.312 e. The van der Waals surface area contributed by atoms with Crippen LogP contribution < -0.4 is 5.32 Å². The van der Waals surface area contributed by atoms with Gasteiger partial charge < -0.3 is 10.2 Å². The highest BCUT2D eigenvalue weighted by atomic mass is 15.1. The molecule has 1 N–H and O–H groups in total. The number of likely N-dealkylation sites (N-methyl/N-ethyl adjacent to an activating group) is 1. The van der Waals surface area contributed by atoms with Crippen LogP contribution >= 0.6 is 0 Å². The average molecular weight is 260 g/mol. The Morgan fingerprint density at radius 2 is 2.05 bits per heavy atom. The molecule has 0 heterocycles. The first-order chi connectivity index (χ1) is 9.20. The Bertz CT molecular complexity index is 385. The van der Waals surface area contributed by atoms with Gasteiger partial charge in [-0.25, -0.2) is 0 Å². The first-order valence-electron chi connectivity index (χ1n) is 7.67. The van der Waals surface area contributed by atoms with Gasteiger partial charge in [-0.3, -0.25) is 0 Å². The zero-order valence-corrected chi connectivity index (χ0v) is 12.7. The summed E-state index contributed by atoms with van der Waals surface area (Å²) in [5, 5.41) is 3.72. The Hall–Kier alpha value is -0.860. The van der Waals surface area contributed by atoms with E-state index in [2.05, 4.69) is 55.4 Å². The predicted molar refractivity (Wildman–Crippen MR) is 82.3 cm³/mol. The molecule has 106 valence electrons. The molecular weight excluding hydrogens is 232 g/mol. The van der Waals surface area contributed by atoms with Gasteiger partial charge in [0.2, 0.25) is 0 Å². The number of benzene rings is 1. The summed E-state index contributed by atoms with van der Waals surface area (Å²) < 4.78 is 0. The van der Waals surface area contributed by atoms with Gasteiger partial charge in [0.05, 0.1) is 0 Å². The Morgan fingerprint density at radius 1 is 1.32 bits per heavy atom. The number of nitrogens with zero attached hydrogens (tertiary/aromatic N) is 1. The van der Waals surface area contributed by atoms with Crippen LogP contribution in [0.3, 0.4) is 0 Å². The van der Waals surface area contributed by atoms with Crippen LogP contribution in [0, 0.1) is 12.8 Å². The van der Waals surface area contributed by atoms with Crippen LogP contribution in [-0.4, -0.2) is 31.1 Å². The van der Waals surface area contributed by atoms with Crippen LogP contribution in [0.15, 0.2) is 24.3 Å². The molecule has 0 radical (unpaired) electrons. The van der Waals surface area contributed by atoms with Gasteiger partial charge in [-0.2, -0.15) is 0 Å². The van der Waals surface area contributed by atoms with E-state index in [9.17, 15) is 0 Å². The minimum atomic E-state index is 0.689. The van der Waals surface area contributed by atoms with E-state index in [1.54, 1.807) is 0 Å². The fourth-order valence-electron chi connectivity index (χ4n) is 2.69. The molecule has 1 aliphatic carbocycles. The summed E-state index contributed by atoms with van der Waals surface area (Å²) in [5.41, 5.74) is 2.86. The maximum atomic E-state index is 3.72. The molecule has 1 atom stereocenters. The van der Waals surface area contributed by atoms with Crippen LogP contribution in [0.1, 0.15) is 37.3 Å². The van der Waals surface area contributed by atoms with Crippen LogP contribution in [-0.2, 0) is 6.54 Å². The van der Waals surface area contributed by atoms with E-state index in [0.29, 0.717) is 6.04 Å². The molecule has 0 bridgehead atoms. The van der Waals surface area contributed by atoms with Crippen molar-refractivity contribution in [1.82, 2.24) is 10.2 Å². The molecule has 1 saturated carbocycles.